The van der Waals surface area contributed by atoms with Gasteiger partial charge in [0.2, 0.25) is 0 Å². The molecule has 0 atom stereocenters. The summed E-state index contributed by atoms with van der Waals surface area (Å²) in [6.45, 7) is 0. The van der Waals surface area contributed by atoms with Crippen molar-refractivity contribution < 1.29 is 13.9 Å². The van der Waals surface area contributed by atoms with Crippen LogP contribution in [0.4, 0.5) is 8.78 Å². The summed E-state index contributed by atoms with van der Waals surface area (Å²) >= 11 is 3.12. The van der Waals surface area contributed by atoms with E-state index in [0.717, 1.165) is 37.5 Å². The standard InChI is InChI=1S/C17H19BrF2O/c18-14-1-2-15(19)13(16(14)20)8-17(21)11-4-9-3-10(6-11)7-12(17)5-9/h1-2,9-12,21H,3-8H2. The van der Waals surface area contributed by atoms with Crippen molar-refractivity contribution in [2.24, 2.45) is 23.7 Å². The van der Waals surface area contributed by atoms with Crippen molar-refractivity contribution in [3.8, 4) is 0 Å². The van der Waals surface area contributed by atoms with Crippen LogP contribution in [0.5, 0.6) is 0 Å². The summed E-state index contributed by atoms with van der Waals surface area (Å²) in [7, 11) is 0. The molecule has 114 valence electrons. The number of benzene rings is 1. The topological polar surface area (TPSA) is 20.2 Å². The Morgan fingerprint density at radius 1 is 1.05 bits per heavy atom. The molecule has 4 aliphatic rings. The molecule has 5 rings (SSSR count). The molecule has 0 radical (unpaired) electrons. The molecule has 0 spiro atoms. The summed E-state index contributed by atoms with van der Waals surface area (Å²) in [6.07, 6.45) is 5.52. The SMILES string of the molecule is OC1(Cc2c(F)ccc(Br)c2F)C2CC3CC(C2)CC1C3. The molecule has 0 unspecified atom stereocenters. The summed E-state index contributed by atoms with van der Waals surface area (Å²) in [5.41, 5.74) is -0.880. The number of hydrogen-bond acceptors (Lipinski definition) is 1. The molecule has 1 N–H and O–H groups in total. The second-order valence-electron chi connectivity index (χ2n) is 7.29. The first-order chi connectivity index (χ1) is 9.97. The zero-order valence-electron chi connectivity index (χ0n) is 11.8. The van der Waals surface area contributed by atoms with Gasteiger partial charge in [0, 0.05) is 12.0 Å². The first kappa shape index (κ1) is 14.1. The summed E-state index contributed by atoms with van der Waals surface area (Å²) in [5, 5.41) is 11.2. The van der Waals surface area contributed by atoms with E-state index < -0.39 is 17.2 Å². The van der Waals surface area contributed by atoms with Crippen LogP contribution in [-0.4, -0.2) is 10.7 Å². The van der Waals surface area contributed by atoms with Crippen LogP contribution in [0.3, 0.4) is 0 Å². The predicted molar refractivity (Wildman–Crippen MR) is 79.8 cm³/mol. The van der Waals surface area contributed by atoms with Crippen LogP contribution in [0.15, 0.2) is 16.6 Å². The second-order valence-corrected chi connectivity index (χ2v) is 8.15. The van der Waals surface area contributed by atoms with Gasteiger partial charge in [-0.1, -0.05) is 0 Å². The third-order valence-corrected chi connectivity index (χ3v) is 6.76. The van der Waals surface area contributed by atoms with Crippen LogP contribution in [0.1, 0.15) is 37.7 Å². The van der Waals surface area contributed by atoms with Gasteiger partial charge < -0.3 is 5.11 Å². The summed E-state index contributed by atoms with van der Waals surface area (Å²) in [4.78, 5) is 0. The van der Waals surface area contributed by atoms with Crippen molar-refractivity contribution in [1.82, 2.24) is 0 Å². The van der Waals surface area contributed by atoms with Gasteiger partial charge >= 0.3 is 0 Å². The smallest absolute Gasteiger partial charge is 0.143 e. The van der Waals surface area contributed by atoms with Gasteiger partial charge in [-0.05, 0) is 83.8 Å². The second kappa shape index (κ2) is 4.76. The van der Waals surface area contributed by atoms with Crippen LogP contribution in [0, 0.1) is 35.3 Å². The van der Waals surface area contributed by atoms with Gasteiger partial charge in [-0.25, -0.2) is 8.78 Å². The minimum Gasteiger partial charge on any atom is -0.389 e. The van der Waals surface area contributed by atoms with E-state index in [9.17, 15) is 13.9 Å². The van der Waals surface area contributed by atoms with Crippen molar-refractivity contribution in [3.63, 3.8) is 0 Å². The van der Waals surface area contributed by atoms with Crippen molar-refractivity contribution >= 4 is 15.9 Å². The molecular formula is C17H19BrF2O. The highest BCUT2D eigenvalue weighted by atomic mass is 79.9. The van der Waals surface area contributed by atoms with Crippen molar-refractivity contribution in [3.05, 3.63) is 33.8 Å². The first-order valence-corrected chi connectivity index (χ1v) is 8.61. The zero-order chi connectivity index (χ0) is 14.8. The summed E-state index contributed by atoms with van der Waals surface area (Å²) in [6, 6.07) is 2.66. The molecule has 4 heteroatoms. The average Bonchev–Trinajstić information content (AvgIpc) is 2.45. The van der Waals surface area contributed by atoms with E-state index in [1.165, 1.54) is 18.6 Å². The summed E-state index contributed by atoms with van der Waals surface area (Å²) in [5.74, 6) is 0.781. The van der Waals surface area contributed by atoms with Gasteiger partial charge in [-0.3, -0.25) is 0 Å². The minimum atomic E-state index is -0.921. The van der Waals surface area contributed by atoms with Gasteiger partial charge in [-0.2, -0.15) is 0 Å². The Labute approximate surface area is 131 Å². The molecule has 0 heterocycles. The molecular weight excluding hydrogens is 338 g/mol. The van der Waals surface area contributed by atoms with E-state index in [1.807, 2.05) is 0 Å². The molecule has 1 aromatic carbocycles. The van der Waals surface area contributed by atoms with Gasteiger partial charge in [-0.15, -0.1) is 0 Å². The molecule has 4 saturated carbocycles. The lowest BCUT2D eigenvalue weighted by atomic mass is 9.49. The van der Waals surface area contributed by atoms with Crippen LogP contribution < -0.4 is 0 Å². The first-order valence-electron chi connectivity index (χ1n) is 7.82. The van der Waals surface area contributed by atoms with Gasteiger partial charge in [0.05, 0.1) is 10.1 Å². The quantitative estimate of drug-likeness (QED) is 0.775. The molecule has 4 bridgehead atoms. The van der Waals surface area contributed by atoms with E-state index in [2.05, 4.69) is 15.9 Å². The summed E-state index contributed by atoms with van der Waals surface area (Å²) < 4.78 is 28.6. The lowest BCUT2D eigenvalue weighted by molar-refractivity contribution is -0.172. The Balaban J connectivity index is 1.69. The Bertz CT molecular complexity index is 558. The Morgan fingerprint density at radius 3 is 2.19 bits per heavy atom. The third-order valence-electron chi connectivity index (χ3n) is 6.15. The molecule has 21 heavy (non-hydrogen) atoms. The molecule has 0 aromatic heterocycles. The normalized spacial score (nSPS) is 40.8. The Morgan fingerprint density at radius 2 is 1.62 bits per heavy atom. The highest BCUT2D eigenvalue weighted by Crippen LogP contribution is 2.59. The lowest BCUT2D eigenvalue weighted by Crippen LogP contribution is -2.58. The van der Waals surface area contributed by atoms with Gasteiger partial charge in [0.25, 0.3) is 0 Å². The van der Waals surface area contributed by atoms with Crippen molar-refractivity contribution in [2.45, 2.75) is 44.1 Å². The number of rotatable bonds is 2. The molecule has 0 saturated heterocycles. The van der Waals surface area contributed by atoms with E-state index >= 15 is 0 Å². The number of aliphatic hydroxyl groups is 1. The lowest BCUT2D eigenvalue weighted by Gasteiger charge is -2.59. The monoisotopic (exact) mass is 356 g/mol. The molecule has 4 aliphatic carbocycles. The number of hydrogen-bond donors (Lipinski definition) is 1. The highest BCUT2D eigenvalue weighted by molar-refractivity contribution is 9.10. The molecule has 1 aromatic rings. The van der Waals surface area contributed by atoms with E-state index in [-0.39, 0.29) is 28.3 Å². The minimum absolute atomic E-state index is 0.0411. The van der Waals surface area contributed by atoms with Crippen LogP contribution in [0.2, 0.25) is 0 Å². The third kappa shape index (κ3) is 2.09. The fraction of sp³-hybridized carbons (Fsp3) is 0.647. The van der Waals surface area contributed by atoms with Gasteiger partial charge in [0.1, 0.15) is 11.6 Å². The van der Waals surface area contributed by atoms with Gasteiger partial charge in [0.15, 0.2) is 0 Å². The highest BCUT2D eigenvalue weighted by Gasteiger charge is 2.56. The molecule has 4 fully saturated rings. The van der Waals surface area contributed by atoms with Crippen molar-refractivity contribution in [2.75, 3.05) is 0 Å². The van der Waals surface area contributed by atoms with E-state index in [4.69, 9.17) is 0 Å². The maximum Gasteiger partial charge on any atom is 0.143 e. The Kier molecular flexibility index (Phi) is 3.20. The molecule has 1 nitrogen and oxygen atoms in total. The average molecular weight is 357 g/mol. The van der Waals surface area contributed by atoms with Crippen molar-refractivity contribution in [1.29, 1.82) is 0 Å². The fourth-order valence-electron chi connectivity index (χ4n) is 5.30. The van der Waals surface area contributed by atoms with Crippen LogP contribution >= 0.6 is 15.9 Å². The molecule has 0 amide bonds. The van der Waals surface area contributed by atoms with E-state index in [0.29, 0.717) is 0 Å². The Hall–Kier alpha value is -0.480. The largest absolute Gasteiger partial charge is 0.389 e. The fourth-order valence-corrected chi connectivity index (χ4v) is 5.67. The van der Waals surface area contributed by atoms with E-state index in [1.54, 1.807) is 0 Å². The molecule has 0 aliphatic heterocycles. The maximum absolute atomic E-state index is 14.3. The van der Waals surface area contributed by atoms with Crippen LogP contribution in [-0.2, 0) is 6.42 Å². The maximum atomic E-state index is 14.3. The zero-order valence-corrected chi connectivity index (χ0v) is 13.4. The predicted octanol–water partition coefficient (Wildman–Crippen LogP) is 4.46. The number of halogens is 3. The van der Waals surface area contributed by atoms with Crippen LogP contribution in [0.25, 0.3) is 0 Å².